The third kappa shape index (κ3) is 4.09. The van der Waals surface area contributed by atoms with Crippen LogP contribution >= 0.6 is 0 Å². The summed E-state index contributed by atoms with van der Waals surface area (Å²) in [5.41, 5.74) is 1.01. The summed E-state index contributed by atoms with van der Waals surface area (Å²) >= 11 is 0. The molecule has 0 atom stereocenters. The number of carbonyl (C=O) groups is 1. The van der Waals surface area contributed by atoms with E-state index in [2.05, 4.69) is 27.1 Å². The van der Waals surface area contributed by atoms with Crippen LogP contribution in [0.2, 0.25) is 0 Å². The number of benzene rings is 1. The molecule has 0 saturated heterocycles. The second kappa shape index (κ2) is 7.12. The molecule has 21 heavy (non-hydrogen) atoms. The minimum Gasteiger partial charge on any atom is -0.395 e. The van der Waals surface area contributed by atoms with Crippen LogP contribution in [-0.2, 0) is 0 Å². The summed E-state index contributed by atoms with van der Waals surface area (Å²) in [6.07, 6.45) is 4.35. The Kier molecular flexibility index (Phi) is 4.96. The molecule has 2 aromatic rings. The van der Waals surface area contributed by atoms with Gasteiger partial charge in [-0.25, -0.2) is 14.4 Å². The van der Waals surface area contributed by atoms with Gasteiger partial charge in [0.2, 0.25) is 0 Å². The van der Waals surface area contributed by atoms with E-state index in [0.29, 0.717) is 11.3 Å². The molecule has 0 fully saturated rings. The van der Waals surface area contributed by atoms with Crippen molar-refractivity contribution in [3.63, 3.8) is 0 Å². The number of aliphatic hydroxyl groups excluding tert-OH is 1. The average Bonchev–Trinajstić information content (AvgIpc) is 2.51. The zero-order valence-electron chi connectivity index (χ0n) is 11.0. The van der Waals surface area contributed by atoms with Gasteiger partial charge in [-0.15, -0.1) is 0 Å². The second-order valence-corrected chi connectivity index (χ2v) is 4.05. The van der Waals surface area contributed by atoms with Crippen molar-refractivity contribution in [1.82, 2.24) is 9.97 Å². The number of hydrogen-bond acceptors (Lipinski definition) is 4. The maximum Gasteiger partial charge on any atom is 0.258 e. The minimum atomic E-state index is -0.454. The number of nitrogens with zero attached hydrogens (tertiary/aromatic N) is 2. The molecule has 1 aromatic heterocycles. The summed E-state index contributed by atoms with van der Waals surface area (Å²) in [6, 6.07) is 3.88. The smallest absolute Gasteiger partial charge is 0.258 e. The molecule has 1 heterocycles. The Hall–Kier alpha value is -2.78. The van der Waals surface area contributed by atoms with E-state index in [1.807, 2.05) is 0 Å². The lowest BCUT2D eigenvalue weighted by molar-refractivity contribution is 0.102. The average molecular weight is 285 g/mol. The topological polar surface area (TPSA) is 75.1 Å². The zero-order valence-corrected chi connectivity index (χ0v) is 11.0. The van der Waals surface area contributed by atoms with Crippen molar-refractivity contribution in [2.75, 3.05) is 11.9 Å². The summed E-state index contributed by atoms with van der Waals surface area (Å²) in [5, 5.41) is 11.3. The van der Waals surface area contributed by atoms with Crippen LogP contribution in [-0.4, -0.2) is 27.6 Å². The van der Waals surface area contributed by atoms with E-state index in [1.54, 1.807) is 0 Å². The Morgan fingerprint density at radius 1 is 1.33 bits per heavy atom. The van der Waals surface area contributed by atoms with E-state index < -0.39 is 11.7 Å². The Labute approximate surface area is 120 Å². The fraction of sp³-hybridized carbons (Fsp3) is 0.133. The molecule has 0 spiro atoms. The normalized spacial score (nSPS) is 9.62. The fourth-order valence-corrected chi connectivity index (χ4v) is 1.55. The first-order valence-corrected chi connectivity index (χ1v) is 6.16. The van der Waals surface area contributed by atoms with Gasteiger partial charge in [0.1, 0.15) is 12.1 Å². The van der Waals surface area contributed by atoms with Gasteiger partial charge < -0.3 is 10.4 Å². The predicted octanol–water partition coefficient (Wildman–Crippen LogP) is 1.60. The van der Waals surface area contributed by atoms with E-state index in [-0.39, 0.29) is 18.6 Å². The molecule has 6 heteroatoms. The summed E-state index contributed by atoms with van der Waals surface area (Å²) in [5.74, 6) is 4.54. The predicted molar refractivity (Wildman–Crippen MR) is 75.0 cm³/mol. The molecule has 0 radical (unpaired) electrons. The Balaban J connectivity index is 2.24. The second-order valence-electron chi connectivity index (χ2n) is 4.05. The van der Waals surface area contributed by atoms with Gasteiger partial charge in [-0.05, 0) is 18.2 Å². The van der Waals surface area contributed by atoms with E-state index in [9.17, 15) is 9.18 Å². The SMILES string of the molecule is O=C(Nc1ccc(F)cc1C#CCCO)c1cncnc1. The van der Waals surface area contributed by atoms with Crippen LogP contribution in [0.4, 0.5) is 10.1 Å². The molecule has 5 nitrogen and oxygen atoms in total. The summed E-state index contributed by atoms with van der Waals surface area (Å²) in [4.78, 5) is 19.5. The van der Waals surface area contributed by atoms with Crippen LogP contribution in [0.15, 0.2) is 36.9 Å². The number of amides is 1. The number of nitrogens with one attached hydrogen (secondary N) is 1. The number of hydrogen-bond donors (Lipinski definition) is 2. The lowest BCUT2D eigenvalue weighted by Gasteiger charge is -2.07. The Morgan fingerprint density at radius 2 is 2.10 bits per heavy atom. The molecular formula is C15H12FN3O2. The lowest BCUT2D eigenvalue weighted by atomic mass is 10.1. The highest BCUT2D eigenvalue weighted by atomic mass is 19.1. The van der Waals surface area contributed by atoms with Gasteiger partial charge in [0.05, 0.1) is 23.4 Å². The number of rotatable bonds is 3. The number of halogens is 1. The summed E-state index contributed by atoms with van der Waals surface area (Å²) in [7, 11) is 0. The molecule has 1 aromatic carbocycles. The monoisotopic (exact) mass is 285 g/mol. The largest absolute Gasteiger partial charge is 0.395 e. The van der Waals surface area contributed by atoms with Gasteiger partial charge >= 0.3 is 0 Å². The van der Waals surface area contributed by atoms with Crippen LogP contribution in [0.25, 0.3) is 0 Å². The standard InChI is InChI=1S/C15H12FN3O2/c16-13-4-5-14(11(7-13)3-1-2-6-20)19-15(21)12-8-17-10-18-9-12/h4-5,7-10,20H,2,6H2,(H,19,21). The van der Waals surface area contributed by atoms with Crippen LogP contribution in [0, 0.1) is 17.7 Å². The van der Waals surface area contributed by atoms with Gasteiger partial charge in [0.15, 0.2) is 0 Å². The van der Waals surface area contributed by atoms with Crippen molar-refractivity contribution in [1.29, 1.82) is 0 Å². The Bertz CT molecular complexity index is 693. The van der Waals surface area contributed by atoms with Gasteiger partial charge in [-0.3, -0.25) is 4.79 Å². The van der Waals surface area contributed by atoms with E-state index in [1.165, 1.54) is 36.9 Å². The van der Waals surface area contributed by atoms with Crippen molar-refractivity contribution in [3.8, 4) is 11.8 Å². The third-order valence-corrected chi connectivity index (χ3v) is 2.51. The third-order valence-electron chi connectivity index (χ3n) is 2.51. The molecule has 0 aliphatic carbocycles. The molecule has 0 bridgehead atoms. The zero-order chi connectivity index (χ0) is 15.1. The summed E-state index contributed by atoms with van der Waals surface area (Å²) in [6.45, 7) is -0.0780. The van der Waals surface area contributed by atoms with E-state index in [4.69, 9.17) is 5.11 Å². The van der Waals surface area contributed by atoms with Gasteiger partial charge in [0.25, 0.3) is 5.91 Å². The van der Waals surface area contributed by atoms with Crippen LogP contribution in [0.1, 0.15) is 22.3 Å². The Morgan fingerprint density at radius 3 is 2.81 bits per heavy atom. The molecule has 106 valence electrons. The first-order valence-electron chi connectivity index (χ1n) is 6.16. The molecule has 0 unspecified atom stereocenters. The van der Waals surface area contributed by atoms with E-state index in [0.717, 1.165) is 0 Å². The first-order chi connectivity index (χ1) is 10.2. The molecule has 1 amide bonds. The van der Waals surface area contributed by atoms with Crippen LogP contribution in [0.5, 0.6) is 0 Å². The highest BCUT2D eigenvalue weighted by Crippen LogP contribution is 2.17. The lowest BCUT2D eigenvalue weighted by Crippen LogP contribution is -2.13. The highest BCUT2D eigenvalue weighted by molar-refractivity contribution is 6.04. The van der Waals surface area contributed by atoms with Crippen molar-refractivity contribution in [2.24, 2.45) is 0 Å². The maximum atomic E-state index is 13.3. The minimum absolute atomic E-state index is 0.0780. The quantitative estimate of drug-likeness (QED) is 0.840. The molecule has 0 aliphatic heterocycles. The maximum absolute atomic E-state index is 13.3. The first kappa shape index (κ1) is 14.6. The van der Waals surface area contributed by atoms with E-state index >= 15 is 0 Å². The number of aromatic nitrogens is 2. The molecule has 0 saturated carbocycles. The number of carbonyl (C=O) groups excluding carboxylic acids is 1. The van der Waals surface area contributed by atoms with Crippen LogP contribution < -0.4 is 5.32 Å². The van der Waals surface area contributed by atoms with Crippen molar-refractivity contribution >= 4 is 11.6 Å². The van der Waals surface area contributed by atoms with Gasteiger partial charge in [-0.2, -0.15) is 0 Å². The van der Waals surface area contributed by atoms with Gasteiger partial charge in [0, 0.05) is 18.8 Å². The van der Waals surface area contributed by atoms with Gasteiger partial charge in [-0.1, -0.05) is 11.8 Å². The molecule has 2 rings (SSSR count). The highest BCUT2D eigenvalue weighted by Gasteiger charge is 2.09. The van der Waals surface area contributed by atoms with Crippen molar-refractivity contribution in [3.05, 3.63) is 53.9 Å². The van der Waals surface area contributed by atoms with Crippen LogP contribution in [0.3, 0.4) is 0 Å². The van der Waals surface area contributed by atoms with Crippen molar-refractivity contribution in [2.45, 2.75) is 6.42 Å². The molecular weight excluding hydrogens is 273 g/mol. The summed E-state index contributed by atoms with van der Waals surface area (Å²) < 4.78 is 13.3. The number of aliphatic hydroxyl groups is 1. The number of anilines is 1. The molecule has 2 N–H and O–H groups in total. The van der Waals surface area contributed by atoms with Crippen molar-refractivity contribution < 1.29 is 14.3 Å². The fourth-order valence-electron chi connectivity index (χ4n) is 1.55. The molecule has 0 aliphatic rings.